The maximum atomic E-state index is 13.7. The average Bonchev–Trinajstić information content (AvgIpc) is 2.79. The molecule has 1 heterocycles. The number of benzene rings is 1. The van der Waals surface area contributed by atoms with Gasteiger partial charge in [0.2, 0.25) is 5.95 Å². The molecule has 0 aliphatic carbocycles. The number of amides is 1. The van der Waals surface area contributed by atoms with Crippen molar-refractivity contribution in [3.8, 4) is 11.5 Å². The Morgan fingerprint density at radius 3 is 2.74 bits per heavy atom. The van der Waals surface area contributed by atoms with Crippen LogP contribution in [0.15, 0.2) is 29.4 Å². The summed E-state index contributed by atoms with van der Waals surface area (Å²) in [5, 5.41) is 7.60. The number of nitrogens with one attached hydrogen (secondary N) is 1. The van der Waals surface area contributed by atoms with E-state index in [4.69, 9.17) is 9.47 Å². The number of carbonyl (C=O) groups is 1. The van der Waals surface area contributed by atoms with E-state index >= 15 is 0 Å². The Bertz CT molecular complexity index is 728. The normalized spacial score (nSPS) is 10.8. The molecule has 1 N–H and O–H groups in total. The Balaban J connectivity index is 1.89. The molecule has 1 amide bonds. The maximum Gasteiger partial charge on any atom is 0.277 e. The zero-order valence-corrected chi connectivity index (χ0v) is 13.0. The summed E-state index contributed by atoms with van der Waals surface area (Å²) >= 11 is 0. The number of para-hydroxylation sites is 2. The lowest BCUT2D eigenvalue weighted by Gasteiger charge is -2.09. The molecule has 0 aliphatic heterocycles. The summed E-state index contributed by atoms with van der Waals surface area (Å²) in [4.78, 5) is 11.7. The minimum absolute atomic E-state index is 0.221. The lowest BCUT2D eigenvalue weighted by atomic mass is 10.3. The third-order valence-corrected chi connectivity index (χ3v) is 3.01. The Kier molecular flexibility index (Phi) is 5.29. The van der Waals surface area contributed by atoms with Gasteiger partial charge in [0, 0.05) is 7.05 Å². The van der Waals surface area contributed by atoms with Gasteiger partial charge in [-0.1, -0.05) is 12.1 Å². The summed E-state index contributed by atoms with van der Waals surface area (Å²) in [6, 6.07) is 6.96. The first-order valence-corrected chi connectivity index (χ1v) is 6.79. The van der Waals surface area contributed by atoms with E-state index in [1.165, 1.54) is 20.4 Å². The number of halogens is 1. The fraction of sp³-hybridized carbons (Fsp3) is 0.267. The largest absolute Gasteiger partial charge is 0.493 e. The molecular formula is C15H17FN4O3. The highest BCUT2D eigenvalue weighted by molar-refractivity contribution is 5.83. The number of nitrogens with zero attached hydrogens (tertiary/aromatic N) is 3. The predicted octanol–water partition coefficient (Wildman–Crippen LogP) is 1.41. The molecule has 2 aromatic rings. The highest BCUT2D eigenvalue weighted by atomic mass is 19.1. The standard InChI is InChI=1S/C15H17FN4O3/c1-10-11(15(16)20(2)19-10)8-17-18-14(21)9-23-13-7-5-4-6-12(13)22-3/h4-8H,9H2,1-3H3,(H,18,21)/b17-8+. The first-order valence-electron chi connectivity index (χ1n) is 6.79. The summed E-state index contributed by atoms with van der Waals surface area (Å²) in [6.07, 6.45) is 1.21. The molecular weight excluding hydrogens is 303 g/mol. The summed E-state index contributed by atoms with van der Waals surface area (Å²) in [5.74, 6) is -0.0278. The number of carbonyl (C=O) groups excluding carboxylic acids is 1. The number of ether oxygens (including phenoxy) is 2. The second-order valence-electron chi connectivity index (χ2n) is 4.65. The molecule has 0 bridgehead atoms. The lowest BCUT2D eigenvalue weighted by molar-refractivity contribution is -0.123. The molecule has 0 aliphatic rings. The zero-order valence-electron chi connectivity index (χ0n) is 13.0. The molecule has 8 heteroatoms. The van der Waals surface area contributed by atoms with Crippen molar-refractivity contribution in [1.29, 1.82) is 0 Å². The fourth-order valence-corrected chi connectivity index (χ4v) is 1.88. The summed E-state index contributed by atoms with van der Waals surface area (Å²) in [6.45, 7) is 1.41. The molecule has 2 rings (SSSR count). The quantitative estimate of drug-likeness (QED) is 0.645. The van der Waals surface area contributed by atoms with Crippen LogP contribution in [0.3, 0.4) is 0 Å². The average molecular weight is 320 g/mol. The molecule has 0 unspecified atom stereocenters. The van der Waals surface area contributed by atoms with Gasteiger partial charge >= 0.3 is 0 Å². The SMILES string of the molecule is COc1ccccc1OCC(=O)N/N=C/c1c(C)nn(C)c1F. The van der Waals surface area contributed by atoms with Crippen molar-refractivity contribution in [3.63, 3.8) is 0 Å². The molecule has 122 valence electrons. The molecule has 0 spiro atoms. The van der Waals surface area contributed by atoms with Gasteiger partial charge in [0.05, 0.1) is 24.6 Å². The van der Waals surface area contributed by atoms with E-state index in [9.17, 15) is 9.18 Å². The van der Waals surface area contributed by atoms with Crippen molar-refractivity contribution >= 4 is 12.1 Å². The minimum atomic E-state index is -0.522. The van der Waals surface area contributed by atoms with Gasteiger partial charge in [-0.25, -0.2) is 10.1 Å². The van der Waals surface area contributed by atoms with Gasteiger partial charge in [0.15, 0.2) is 18.1 Å². The summed E-state index contributed by atoms with van der Waals surface area (Å²) in [5.41, 5.74) is 2.96. The van der Waals surface area contributed by atoms with Crippen LogP contribution in [-0.4, -0.2) is 35.6 Å². The Morgan fingerprint density at radius 2 is 2.13 bits per heavy atom. The molecule has 0 radical (unpaired) electrons. The third kappa shape index (κ3) is 4.06. The van der Waals surface area contributed by atoms with Crippen molar-refractivity contribution in [3.05, 3.63) is 41.5 Å². The lowest BCUT2D eigenvalue weighted by Crippen LogP contribution is -2.24. The molecule has 0 saturated heterocycles. The van der Waals surface area contributed by atoms with Gasteiger partial charge in [-0.05, 0) is 19.1 Å². The number of rotatable bonds is 6. The second-order valence-corrected chi connectivity index (χ2v) is 4.65. The van der Waals surface area contributed by atoms with Crippen LogP contribution >= 0.6 is 0 Å². The fourth-order valence-electron chi connectivity index (χ4n) is 1.88. The number of methoxy groups -OCH3 is 1. The van der Waals surface area contributed by atoms with Crippen LogP contribution in [-0.2, 0) is 11.8 Å². The molecule has 0 saturated carbocycles. The molecule has 0 fully saturated rings. The monoisotopic (exact) mass is 320 g/mol. The van der Waals surface area contributed by atoms with E-state index in [0.717, 1.165) is 4.68 Å². The van der Waals surface area contributed by atoms with E-state index in [1.807, 2.05) is 0 Å². The highest BCUT2D eigenvalue weighted by Crippen LogP contribution is 2.25. The Morgan fingerprint density at radius 1 is 1.43 bits per heavy atom. The topological polar surface area (TPSA) is 77.7 Å². The maximum absolute atomic E-state index is 13.7. The number of hydrogen-bond donors (Lipinski definition) is 1. The van der Waals surface area contributed by atoms with Crippen LogP contribution in [0.2, 0.25) is 0 Å². The van der Waals surface area contributed by atoms with Gasteiger partial charge < -0.3 is 9.47 Å². The first kappa shape index (κ1) is 16.5. The van der Waals surface area contributed by atoms with E-state index in [0.29, 0.717) is 17.2 Å². The minimum Gasteiger partial charge on any atom is -0.493 e. The van der Waals surface area contributed by atoms with Crippen LogP contribution < -0.4 is 14.9 Å². The predicted molar refractivity (Wildman–Crippen MR) is 82.1 cm³/mol. The third-order valence-electron chi connectivity index (χ3n) is 3.01. The van der Waals surface area contributed by atoms with Gasteiger partial charge in [-0.2, -0.15) is 14.6 Å². The summed E-state index contributed by atoms with van der Waals surface area (Å²) in [7, 11) is 3.00. The van der Waals surface area contributed by atoms with Crippen molar-refractivity contribution in [2.75, 3.05) is 13.7 Å². The van der Waals surface area contributed by atoms with Gasteiger partial charge in [0.1, 0.15) is 0 Å². The van der Waals surface area contributed by atoms with Crippen molar-refractivity contribution in [2.24, 2.45) is 12.1 Å². The van der Waals surface area contributed by atoms with E-state index in [1.54, 1.807) is 31.2 Å². The highest BCUT2D eigenvalue weighted by Gasteiger charge is 2.11. The van der Waals surface area contributed by atoms with E-state index in [2.05, 4.69) is 15.6 Å². The van der Waals surface area contributed by atoms with E-state index < -0.39 is 11.9 Å². The molecule has 23 heavy (non-hydrogen) atoms. The van der Waals surface area contributed by atoms with Gasteiger partial charge in [-0.3, -0.25) is 4.79 Å². The van der Waals surface area contributed by atoms with Crippen LogP contribution in [0.25, 0.3) is 0 Å². The molecule has 1 aromatic carbocycles. The first-order chi connectivity index (χ1) is 11.0. The van der Waals surface area contributed by atoms with Crippen LogP contribution in [0.1, 0.15) is 11.3 Å². The molecule has 0 atom stereocenters. The second kappa shape index (κ2) is 7.39. The number of aromatic nitrogens is 2. The van der Waals surface area contributed by atoms with Crippen LogP contribution in [0, 0.1) is 12.9 Å². The Hall–Kier alpha value is -2.90. The zero-order chi connectivity index (χ0) is 16.8. The van der Waals surface area contributed by atoms with Crippen molar-refractivity contribution in [1.82, 2.24) is 15.2 Å². The number of aryl methyl sites for hydroxylation is 2. The van der Waals surface area contributed by atoms with E-state index in [-0.39, 0.29) is 12.2 Å². The molecule has 1 aromatic heterocycles. The molecule has 7 nitrogen and oxygen atoms in total. The number of hydrazone groups is 1. The summed E-state index contributed by atoms with van der Waals surface area (Å²) < 4.78 is 25.2. The van der Waals surface area contributed by atoms with Gasteiger partial charge in [-0.15, -0.1) is 0 Å². The van der Waals surface area contributed by atoms with Crippen molar-refractivity contribution in [2.45, 2.75) is 6.92 Å². The van der Waals surface area contributed by atoms with Crippen LogP contribution in [0.4, 0.5) is 4.39 Å². The smallest absolute Gasteiger partial charge is 0.277 e. The Labute approximate surface area is 132 Å². The number of hydrogen-bond acceptors (Lipinski definition) is 5. The van der Waals surface area contributed by atoms with Crippen molar-refractivity contribution < 1.29 is 18.7 Å². The van der Waals surface area contributed by atoms with Gasteiger partial charge in [0.25, 0.3) is 5.91 Å². The van der Waals surface area contributed by atoms with Crippen LogP contribution in [0.5, 0.6) is 11.5 Å².